The number of nitrogens with zero attached hydrogens (tertiary/aromatic N) is 3. The fraction of sp³-hybridized carbons (Fsp3) is 0.727. The minimum Gasteiger partial charge on any atom is -0.352 e. The van der Waals surface area contributed by atoms with Crippen molar-refractivity contribution in [1.82, 2.24) is 15.0 Å². The summed E-state index contributed by atoms with van der Waals surface area (Å²) in [7, 11) is 0. The van der Waals surface area contributed by atoms with Gasteiger partial charge in [0.15, 0.2) is 0 Å². The Morgan fingerprint density at radius 2 is 1.65 bits per heavy atom. The molecule has 0 fully saturated rings. The molecule has 1 rings (SSSR count). The van der Waals surface area contributed by atoms with Gasteiger partial charge < -0.3 is 10.6 Å². The second-order valence-corrected chi connectivity index (χ2v) is 4.63. The van der Waals surface area contributed by atoms with Crippen LogP contribution in [0.25, 0.3) is 0 Å². The molecule has 1 unspecified atom stereocenters. The maximum Gasteiger partial charge on any atom is 0.227 e. The predicted molar refractivity (Wildman–Crippen MR) is 74.7 cm³/mol. The van der Waals surface area contributed by atoms with Crippen molar-refractivity contribution in [2.75, 3.05) is 10.6 Å². The molecule has 6 heteroatoms. The van der Waals surface area contributed by atoms with E-state index in [2.05, 4.69) is 52.1 Å². The molecule has 1 aromatic heterocycles. The van der Waals surface area contributed by atoms with Crippen LogP contribution in [0.3, 0.4) is 0 Å². The first-order valence-electron chi connectivity index (χ1n) is 5.94. The van der Waals surface area contributed by atoms with Gasteiger partial charge in [0.1, 0.15) is 5.82 Å². The molecule has 2 N–H and O–H groups in total. The van der Waals surface area contributed by atoms with Gasteiger partial charge in [0.05, 0.1) is 5.75 Å². The topological polar surface area (TPSA) is 62.7 Å². The minimum atomic E-state index is 0.293. The second kappa shape index (κ2) is 6.64. The molecule has 0 aliphatic heterocycles. The molecule has 0 aliphatic carbocycles. The summed E-state index contributed by atoms with van der Waals surface area (Å²) in [6.07, 6.45) is 1.02. The Morgan fingerprint density at radius 1 is 1.06 bits per heavy atom. The summed E-state index contributed by atoms with van der Waals surface area (Å²) in [4.78, 5) is 12.9. The first-order valence-corrected chi connectivity index (χ1v) is 6.57. The van der Waals surface area contributed by atoms with Crippen molar-refractivity contribution in [3.63, 3.8) is 0 Å². The lowest BCUT2D eigenvalue weighted by molar-refractivity contribution is 0.746. The monoisotopic (exact) mass is 255 g/mol. The Morgan fingerprint density at radius 3 is 2.12 bits per heavy atom. The molecule has 0 amide bonds. The average molecular weight is 255 g/mol. The van der Waals surface area contributed by atoms with Gasteiger partial charge in [-0.05, 0) is 27.2 Å². The third kappa shape index (κ3) is 4.77. The minimum absolute atomic E-state index is 0.293. The molecule has 0 aromatic carbocycles. The number of hydrogen-bond acceptors (Lipinski definition) is 6. The van der Waals surface area contributed by atoms with Gasteiger partial charge in [-0.25, -0.2) is 0 Å². The van der Waals surface area contributed by atoms with Crippen LogP contribution < -0.4 is 10.6 Å². The van der Waals surface area contributed by atoms with Crippen LogP contribution in [0.15, 0.2) is 0 Å². The van der Waals surface area contributed by atoms with Gasteiger partial charge in [-0.3, -0.25) is 0 Å². The van der Waals surface area contributed by atoms with Crippen molar-refractivity contribution in [3.05, 3.63) is 5.82 Å². The quantitative estimate of drug-likeness (QED) is 0.681. The maximum atomic E-state index is 4.33. The van der Waals surface area contributed by atoms with Crippen molar-refractivity contribution in [3.8, 4) is 0 Å². The standard InChI is InChI=1S/C11H21N5S/c1-5-8(4)13-11-15-9(6-17)14-10(16-11)12-7(2)3/h7-8,17H,5-6H2,1-4H3,(H2,12,13,14,15,16). The normalized spacial score (nSPS) is 12.6. The summed E-state index contributed by atoms with van der Waals surface area (Å²) in [5.74, 6) is 2.40. The molecule has 0 saturated carbocycles. The summed E-state index contributed by atoms with van der Waals surface area (Å²) < 4.78 is 0. The third-order valence-electron chi connectivity index (χ3n) is 2.23. The molecule has 0 aliphatic rings. The van der Waals surface area contributed by atoms with Crippen molar-refractivity contribution in [2.24, 2.45) is 0 Å². The molecule has 1 aromatic rings. The van der Waals surface area contributed by atoms with Crippen molar-refractivity contribution in [2.45, 2.75) is 52.0 Å². The molecule has 96 valence electrons. The smallest absolute Gasteiger partial charge is 0.227 e. The van der Waals surface area contributed by atoms with E-state index in [9.17, 15) is 0 Å². The van der Waals surface area contributed by atoms with E-state index in [1.807, 2.05) is 13.8 Å². The van der Waals surface area contributed by atoms with E-state index >= 15 is 0 Å². The first kappa shape index (κ1) is 14.0. The molecular formula is C11H21N5S. The fourth-order valence-corrected chi connectivity index (χ4v) is 1.34. The molecule has 0 saturated heterocycles. The van der Waals surface area contributed by atoms with Gasteiger partial charge in [-0.1, -0.05) is 6.92 Å². The Labute approximate surface area is 108 Å². The second-order valence-electron chi connectivity index (χ2n) is 4.31. The molecule has 0 spiro atoms. The number of hydrogen-bond donors (Lipinski definition) is 3. The largest absolute Gasteiger partial charge is 0.352 e. The van der Waals surface area contributed by atoms with Crippen LogP contribution in [0.1, 0.15) is 39.9 Å². The van der Waals surface area contributed by atoms with Crippen LogP contribution in [0, 0.1) is 0 Å². The number of aromatic nitrogens is 3. The van der Waals surface area contributed by atoms with Crippen LogP contribution in [-0.2, 0) is 5.75 Å². The Hall–Kier alpha value is -1.04. The van der Waals surface area contributed by atoms with E-state index in [-0.39, 0.29) is 0 Å². The van der Waals surface area contributed by atoms with Crippen LogP contribution >= 0.6 is 12.6 Å². The van der Waals surface area contributed by atoms with Gasteiger partial charge in [0.25, 0.3) is 0 Å². The zero-order valence-electron chi connectivity index (χ0n) is 10.9. The predicted octanol–water partition coefficient (Wildman–Crippen LogP) is 2.33. The van der Waals surface area contributed by atoms with Gasteiger partial charge in [0, 0.05) is 12.1 Å². The lowest BCUT2D eigenvalue weighted by Crippen LogP contribution is -2.19. The van der Waals surface area contributed by atoms with Crippen LogP contribution in [-0.4, -0.2) is 27.0 Å². The molecule has 0 bridgehead atoms. The molecule has 17 heavy (non-hydrogen) atoms. The van der Waals surface area contributed by atoms with Crippen molar-refractivity contribution < 1.29 is 0 Å². The van der Waals surface area contributed by atoms with E-state index in [4.69, 9.17) is 0 Å². The average Bonchev–Trinajstić information content (AvgIpc) is 2.27. The Kier molecular flexibility index (Phi) is 5.47. The van der Waals surface area contributed by atoms with Gasteiger partial charge in [0.2, 0.25) is 11.9 Å². The highest BCUT2D eigenvalue weighted by molar-refractivity contribution is 7.79. The zero-order valence-corrected chi connectivity index (χ0v) is 11.8. The van der Waals surface area contributed by atoms with Gasteiger partial charge in [-0.2, -0.15) is 27.6 Å². The van der Waals surface area contributed by atoms with Crippen LogP contribution in [0.4, 0.5) is 11.9 Å². The number of nitrogens with one attached hydrogen (secondary N) is 2. The van der Waals surface area contributed by atoms with E-state index in [1.54, 1.807) is 0 Å². The molecule has 1 heterocycles. The summed E-state index contributed by atoms with van der Waals surface area (Å²) in [6, 6.07) is 0.638. The summed E-state index contributed by atoms with van der Waals surface area (Å²) in [5, 5.41) is 6.42. The van der Waals surface area contributed by atoms with Gasteiger partial charge >= 0.3 is 0 Å². The highest BCUT2D eigenvalue weighted by Gasteiger charge is 2.08. The SMILES string of the molecule is CCC(C)Nc1nc(CS)nc(NC(C)C)n1. The highest BCUT2D eigenvalue weighted by atomic mass is 32.1. The highest BCUT2D eigenvalue weighted by Crippen LogP contribution is 2.10. The molecule has 0 radical (unpaired) electrons. The van der Waals surface area contributed by atoms with E-state index in [0.717, 1.165) is 6.42 Å². The number of thiol groups is 1. The lowest BCUT2D eigenvalue weighted by Gasteiger charge is -2.14. The van der Waals surface area contributed by atoms with Crippen LogP contribution in [0.5, 0.6) is 0 Å². The molecular weight excluding hydrogens is 234 g/mol. The van der Waals surface area contributed by atoms with Crippen LogP contribution in [0.2, 0.25) is 0 Å². The van der Waals surface area contributed by atoms with Crippen molar-refractivity contribution in [1.29, 1.82) is 0 Å². The lowest BCUT2D eigenvalue weighted by atomic mass is 10.3. The summed E-state index contributed by atoms with van der Waals surface area (Å²) in [5.41, 5.74) is 0. The molecule has 5 nitrogen and oxygen atoms in total. The number of anilines is 2. The fourth-order valence-electron chi connectivity index (χ4n) is 1.20. The first-order chi connectivity index (χ1) is 8.05. The molecule has 1 atom stereocenters. The zero-order chi connectivity index (χ0) is 12.8. The van der Waals surface area contributed by atoms with Gasteiger partial charge in [-0.15, -0.1) is 0 Å². The van der Waals surface area contributed by atoms with E-state index < -0.39 is 0 Å². The maximum absolute atomic E-state index is 4.33. The number of rotatable bonds is 6. The van der Waals surface area contributed by atoms with Crippen molar-refractivity contribution >= 4 is 24.5 Å². The van der Waals surface area contributed by atoms with E-state index in [0.29, 0.717) is 35.6 Å². The Bertz CT molecular complexity index is 356. The summed E-state index contributed by atoms with van der Waals surface area (Å²) in [6.45, 7) is 8.31. The summed E-state index contributed by atoms with van der Waals surface area (Å²) >= 11 is 4.20. The van der Waals surface area contributed by atoms with E-state index in [1.165, 1.54) is 0 Å². The third-order valence-corrected chi connectivity index (χ3v) is 2.51. The Balaban J connectivity index is 2.88.